The van der Waals surface area contributed by atoms with E-state index in [2.05, 4.69) is 31.2 Å². The van der Waals surface area contributed by atoms with Crippen LogP contribution in [0.3, 0.4) is 0 Å². The van der Waals surface area contributed by atoms with Crippen LogP contribution in [0.2, 0.25) is 5.15 Å². The second kappa shape index (κ2) is 4.09. The molecule has 4 nitrogen and oxygen atoms in total. The Morgan fingerprint density at radius 2 is 2.18 bits per heavy atom. The Labute approximate surface area is 110 Å². The van der Waals surface area contributed by atoms with Gasteiger partial charge in [-0.2, -0.15) is 10.2 Å². The number of benzene rings is 1. The van der Waals surface area contributed by atoms with Crippen molar-refractivity contribution in [1.29, 1.82) is 0 Å². The molecule has 0 aliphatic rings. The van der Waals surface area contributed by atoms with E-state index in [0.29, 0.717) is 10.7 Å². The second-order valence-electron chi connectivity index (χ2n) is 3.49. The SMILES string of the molecule is Clc1nncc2cn(-c3cccc(Br)c3)nc12. The number of fused-ring (bicyclic) bond motifs is 1. The van der Waals surface area contributed by atoms with E-state index in [9.17, 15) is 0 Å². The first-order chi connectivity index (χ1) is 8.24. The molecule has 0 atom stereocenters. The van der Waals surface area contributed by atoms with Crippen LogP contribution in [0.5, 0.6) is 0 Å². The molecule has 3 rings (SSSR count). The van der Waals surface area contributed by atoms with Crippen LogP contribution in [-0.4, -0.2) is 20.0 Å². The van der Waals surface area contributed by atoms with Crippen molar-refractivity contribution in [2.45, 2.75) is 0 Å². The van der Waals surface area contributed by atoms with Gasteiger partial charge in [0.15, 0.2) is 5.15 Å². The van der Waals surface area contributed by atoms with Crippen molar-refractivity contribution < 1.29 is 0 Å². The van der Waals surface area contributed by atoms with Crippen LogP contribution in [-0.2, 0) is 0 Å². The van der Waals surface area contributed by atoms with E-state index in [-0.39, 0.29) is 0 Å². The summed E-state index contributed by atoms with van der Waals surface area (Å²) in [5.41, 5.74) is 1.60. The lowest BCUT2D eigenvalue weighted by Crippen LogP contribution is -1.93. The van der Waals surface area contributed by atoms with Gasteiger partial charge in [0.1, 0.15) is 5.52 Å². The molecule has 0 fully saturated rings. The highest BCUT2D eigenvalue weighted by Crippen LogP contribution is 2.21. The molecular formula is C11H6BrClN4. The summed E-state index contributed by atoms with van der Waals surface area (Å²) in [6.07, 6.45) is 3.51. The number of halogens is 2. The van der Waals surface area contributed by atoms with Crippen LogP contribution >= 0.6 is 27.5 Å². The molecule has 1 aromatic carbocycles. The van der Waals surface area contributed by atoms with Gasteiger partial charge in [0.2, 0.25) is 0 Å². The quantitative estimate of drug-likeness (QED) is 0.693. The Balaban J connectivity index is 2.22. The first-order valence-electron chi connectivity index (χ1n) is 4.86. The Bertz CT molecular complexity index is 695. The monoisotopic (exact) mass is 308 g/mol. The van der Waals surface area contributed by atoms with Gasteiger partial charge in [0, 0.05) is 16.1 Å². The topological polar surface area (TPSA) is 43.6 Å². The van der Waals surface area contributed by atoms with Crippen molar-refractivity contribution in [2.75, 3.05) is 0 Å². The van der Waals surface area contributed by atoms with Gasteiger partial charge < -0.3 is 0 Å². The van der Waals surface area contributed by atoms with E-state index in [0.717, 1.165) is 15.5 Å². The van der Waals surface area contributed by atoms with E-state index in [1.165, 1.54) is 0 Å². The lowest BCUT2D eigenvalue weighted by Gasteiger charge is -2.00. The zero-order chi connectivity index (χ0) is 11.8. The summed E-state index contributed by atoms with van der Waals surface area (Å²) in [6.45, 7) is 0. The molecule has 0 N–H and O–H groups in total. The van der Waals surface area contributed by atoms with Gasteiger partial charge >= 0.3 is 0 Å². The zero-order valence-electron chi connectivity index (χ0n) is 8.51. The highest BCUT2D eigenvalue weighted by Gasteiger charge is 2.07. The van der Waals surface area contributed by atoms with E-state index in [1.54, 1.807) is 10.9 Å². The van der Waals surface area contributed by atoms with Gasteiger partial charge in [-0.1, -0.05) is 33.6 Å². The van der Waals surface area contributed by atoms with Gasteiger partial charge in [-0.05, 0) is 18.2 Å². The van der Waals surface area contributed by atoms with Crippen molar-refractivity contribution in [3.8, 4) is 5.69 Å². The van der Waals surface area contributed by atoms with Crippen LogP contribution < -0.4 is 0 Å². The van der Waals surface area contributed by atoms with Crippen molar-refractivity contribution in [2.24, 2.45) is 0 Å². The van der Waals surface area contributed by atoms with Crippen LogP contribution in [0.15, 0.2) is 41.1 Å². The fraction of sp³-hybridized carbons (Fsp3) is 0. The summed E-state index contributed by atoms with van der Waals surface area (Å²) in [6, 6.07) is 7.85. The zero-order valence-corrected chi connectivity index (χ0v) is 10.9. The number of nitrogens with zero attached hydrogens (tertiary/aromatic N) is 4. The molecule has 0 aliphatic heterocycles. The minimum Gasteiger partial charge on any atom is -0.240 e. The first kappa shape index (κ1) is 10.7. The molecule has 0 saturated heterocycles. The molecule has 0 bridgehead atoms. The van der Waals surface area contributed by atoms with Crippen LogP contribution in [0.1, 0.15) is 0 Å². The third-order valence-corrected chi connectivity index (χ3v) is 3.10. The summed E-state index contributed by atoms with van der Waals surface area (Å²) in [7, 11) is 0. The Morgan fingerprint density at radius 1 is 1.29 bits per heavy atom. The Morgan fingerprint density at radius 3 is 2.94 bits per heavy atom. The predicted molar refractivity (Wildman–Crippen MR) is 69.4 cm³/mol. The van der Waals surface area contributed by atoms with Gasteiger partial charge in [-0.25, -0.2) is 4.68 Å². The summed E-state index contributed by atoms with van der Waals surface area (Å²) in [5.74, 6) is 0. The summed E-state index contributed by atoms with van der Waals surface area (Å²) in [5, 5.41) is 13.1. The average molecular weight is 310 g/mol. The lowest BCUT2D eigenvalue weighted by molar-refractivity contribution is 0.894. The number of hydrogen-bond donors (Lipinski definition) is 0. The van der Waals surface area contributed by atoms with E-state index >= 15 is 0 Å². The summed E-state index contributed by atoms with van der Waals surface area (Å²) < 4.78 is 2.75. The highest BCUT2D eigenvalue weighted by molar-refractivity contribution is 9.10. The fourth-order valence-electron chi connectivity index (χ4n) is 1.58. The molecule has 6 heteroatoms. The number of rotatable bonds is 1. The maximum absolute atomic E-state index is 5.93. The maximum Gasteiger partial charge on any atom is 0.179 e. The maximum atomic E-state index is 5.93. The molecule has 3 aromatic rings. The summed E-state index contributed by atoms with van der Waals surface area (Å²) >= 11 is 9.36. The molecular weight excluding hydrogens is 304 g/mol. The third kappa shape index (κ3) is 1.92. The van der Waals surface area contributed by atoms with E-state index in [1.807, 2.05) is 30.5 Å². The van der Waals surface area contributed by atoms with Gasteiger partial charge in [-0.15, -0.1) is 5.10 Å². The van der Waals surface area contributed by atoms with Crippen LogP contribution in [0.4, 0.5) is 0 Å². The lowest BCUT2D eigenvalue weighted by atomic mass is 10.3. The smallest absolute Gasteiger partial charge is 0.179 e. The molecule has 0 amide bonds. The van der Waals surface area contributed by atoms with Crippen molar-refractivity contribution in [3.63, 3.8) is 0 Å². The van der Waals surface area contributed by atoms with E-state index in [4.69, 9.17) is 11.6 Å². The first-order valence-corrected chi connectivity index (χ1v) is 6.03. The molecule has 0 radical (unpaired) electrons. The molecule has 0 saturated carbocycles. The Kier molecular flexibility index (Phi) is 2.57. The predicted octanol–water partition coefficient (Wildman–Crippen LogP) is 3.23. The largest absolute Gasteiger partial charge is 0.240 e. The minimum atomic E-state index is 0.316. The molecule has 0 unspecified atom stereocenters. The van der Waals surface area contributed by atoms with Gasteiger partial charge in [0.05, 0.1) is 11.9 Å². The van der Waals surface area contributed by atoms with Crippen LogP contribution in [0, 0.1) is 0 Å². The van der Waals surface area contributed by atoms with Crippen molar-refractivity contribution >= 4 is 38.4 Å². The molecule has 2 aromatic heterocycles. The average Bonchev–Trinajstić information content (AvgIpc) is 2.74. The molecule has 17 heavy (non-hydrogen) atoms. The summed E-state index contributed by atoms with van der Waals surface area (Å²) in [4.78, 5) is 0. The van der Waals surface area contributed by atoms with Crippen molar-refractivity contribution in [3.05, 3.63) is 46.3 Å². The molecule has 84 valence electrons. The standard InChI is InChI=1S/C11H6BrClN4/c12-8-2-1-3-9(4-8)17-6-7-5-14-15-11(13)10(7)16-17/h1-6H. The highest BCUT2D eigenvalue weighted by atomic mass is 79.9. The van der Waals surface area contributed by atoms with Gasteiger partial charge in [-0.3, -0.25) is 0 Å². The van der Waals surface area contributed by atoms with Crippen molar-refractivity contribution in [1.82, 2.24) is 20.0 Å². The molecule has 0 spiro atoms. The fourth-order valence-corrected chi connectivity index (χ4v) is 2.16. The van der Waals surface area contributed by atoms with Gasteiger partial charge in [0.25, 0.3) is 0 Å². The minimum absolute atomic E-state index is 0.316. The number of aromatic nitrogens is 4. The van der Waals surface area contributed by atoms with Crippen LogP contribution in [0.25, 0.3) is 16.6 Å². The molecule has 2 heterocycles. The van der Waals surface area contributed by atoms with E-state index < -0.39 is 0 Å². The Hall–Kier alpha value is -1.46. The normalized spacial score (nSPS) is 10.9. The number of hydrogen-bond acceptors (Lipinski definition) is 3. The third-order valence-electron chi connectivity index (χ3n) is 2.35. The second-order valence-corrected chi connectivity index (χ2v) is 4.77. The molecule has 0 aliphatic carbocycles.